The van der Waals surface area contributed by atoms with E-state index in [-0.39, 0.29) is 11.7 Å². The number of Topliss-reactive ketones (excluding diaryl/α,β-unsaturated/α-hetero) is 1. The number of aromatic nitrogens is 2. The van der Waals surface area contributed by atoms with Gasteiger partial charge in [0.05, 0.1) is 10.4 Å². The largest absolute Gasteiger partial charge is 0.437 e. The lowest BCUT2D eigenvalue weighted by Crippen LogP contribution is -2.47. The second kappa shape index (κ2) is 7.46. The summed E-state index contributed by atoms with van der Waals surface area (Å²) in [4.78, 5) is 22.4. The van der Waals surface area contributed by atoms with Crippen molar-refractivity contribution in [1.82, 2.24) is 14.3 Å². The van der Waals surface area contributed by atoms with E-state index >= 15 is 0 Å². The first-order chi connectivity index (χ1) is 14.8. The molecule has 1 saturated heterocycles. The molecular weight excluding hydrogens is 396 g/mol. The molecule has 7 heteroatoms. The number of aryl methyl sites for hydroxylation is 1. The zero-order valence-electron chi connectivity index (χ0n) is 17.0. The molecule has 1 unspecified atom stereocenters. The van der Waals surface area contributed by atoms with Gasteiger partial charge in [0.1, 0.15) is 5.82 Å². The van der Waals surface area contributed by atoms with Crippen LogP contribution < -0.4 is 4.90 Å². The van der Waals surface area contributed by atoms with Gasteiger partial charge in [-0.2, -0.15) is 4.37 Å². The van der Waals surface area contributed by atoms with Gasteiger partial charge < -0.3 is 9.32 Å². The van der Waals surface area contributed by atoms with Crippen molar-refractivity contribution < 1.29 is 9.21 Å². The number of carbonyl (C=O) groups excluding carboxylic acids is 1. The molecule has 3 heterocycles. The van der Waals surface area contributed by atoms with Gasteiger partial charge in [0, 0.05) is 43.4 Å². The van der Waals surface area contributed by atoms with Gasteiger partial charge in [-0.05, 0) is 62.3 Å². The number of nitrogens with zero attached hydrogens (tertiary/aromatic N) is 4. The highest BCUT2D eigenvalue weighted by molar-refractivity contribution is 7.13. The van der Waals surface area contributed by atoms with Crippen molar-refractivity contribution in [1.29, 1.82) is 0 Å². The third-order valence-electron chi connectivity index (χ3n) is 6.79. The molecule has 1 aliphatic heterocycles. The summed E-state index contributed by atoms with van der Waals surface area (Å²) in [5, 5.41) is 1.26. The Balaban J connectivity index is 1.05. The average Bonchev–Trinajstić information content (AvgIpc) is 3.39. The van der Waals surface area contributed by atoms with E-state index in [0.717, 1.165) is 82.2 Å². The maximum Gasteiger partial charge on any atom is 0.203 e. The Morgan fingerprint density at radius 3 is 2.77 bits per heavy atom. The van der Waals surface area contributed by atoms with Crippen molar-refractivity contribution in [2.45, 2.75) is 38.0 Å². The van der Waals surface area contributed by atoms with E-state index in [4.69, 9.17) is 8.79 Å². The van der Waals surface area contributed by atoms with Crippen LogP contribution in [0.15, 0.2) is 28.7 Å². The summed E-state index contributed by atoms with van der Waals surface area (Å²) in [6, 6.07) is 8.47. The summed E-state index contributed by atoms with van der Waals surface area (Å²) in [7, 11) is 0. The van der Waals surface area contributed by atoms with Gasteiger partial charge in [0.15, 0.2) is 11.7 Å². The lowest BCUT2D eigenvalue weighted by atomic mass is 9.86. The number of hydrogen-bond acceptors (Lipinski definition) is 7. The van der Waals surface area contributed by atoms with Gasteiger partial charge in [-0.3, -0.25) is 9.69 Å². The smallest absolute Gasteiger partial charge is 0.203 e. The van der Waals surface area contributed by atoms with Gasteiger partial charge in [0.2, 0.25) is 5.78 Å². The molecule has 0 spiro atoms. The Morgan fingerprint density at radius 1 is 1.10 bits per heavy atom. The van der Waals surface area contributed by atoms with Gasteiger partial charge in [-0.15, -0.1) is 0 Å². The molecule has 0 bridgehead atoms. The second-order valence-corrected chi connectivity index (χ2v) is 9.63. The highest BCUT2D eigenvalue weighted by Gasteiger charge is 2.36. The first-order valence-electron chi connectivity index (χ1n) is 11.1. The molecule has 0 amide bonds. The van der Waals surface area contributed by atoms with Crippen LogP contribution in [0, 0.1) is 5.92 Å². The standard InChI is InChI=1S/C23H26N4O2S/c28-20-15(7-8-18-21(20)29-23(24-18)16-5-6-16)9-10-26-11-13-27(14-12-26)22-17-3-1-2-4-19(17)30-25-22/h1-4,15-16H,5-14H2. The Labute approximate surface area is 180 Å². The molecule has 30 heavy (non-hydrogen) atoms. The topological polar surface area (TPSA) is 62.5 Å². The zero-order chi connectivity index (χ0) is 20.1. The van der Waals surface area contributed by atoms with Crippen LogP contribution >= 0.6 is 11.5 Å². The minimum Gasteiger partial charge on any atom is -0.437 e. The Hall–Kier alpha value is -2.25. The third-order valence-corrected chi connectivity index (χ3v) is 7.61. The van der Waals surface area contributed by atoms with Crippen LogP contribution in [0.1, 0.15) is 53.7 Å². The first kappa shape index (κ1) is 18.5. The molecule has 3 aromatic rings. The zero-order valence-corrected chi connectivity index (χ0v) is 17.9. The summed E-state index contributed by atoms with van der Waals surface area (Å²) in [5.74, 6) is 3.23. The summed E-state index contributed by atoms with van der Waals surface area (Å²) >= 11 is 1.58. The Bertz CT molecular complexity index is 1080. The molecule has 1 aromatic carbocycles. The number of oxazole rings is 1. The molecule has 2 aromatic heterocycles. The molecule has 1 atom stereocenters. The van der Waals surface area contributed by atoms with Gasteiger partial charge in [-0.25, -0.2) is 4.98 Å². The van der Waals surface area contributed by atoms with E-state index in [9.17, 15) is 4.79 Å². The van der Waals surface area contributed by atoms with Crippen molar-refractivity contribution in [3.63, 3.8) is 0 Å². The summed E-state index contributed by atoms with van der Waals surface area (Å²) in [6.45, 7) is 4.99. The number of piperazine rings is 1. The van der Waals surface area contributed by atoms with Crippen LogP contribution in [-0.4, -0.2) is 52.8 Å². The molecular formula is C23H26N4O2S. The highest BCUT2D eigenvalue weighted by atomic mass is 32.1. The first-order valence-corrected chi connectivity index (χ1v) is 11.9. The SMILES string of the molecule is O=C1c2oc(C3CC3)nc2CCC1CCN1CCN(c2nsc3ccccc23)CC1. The van der Waals surface area contributed by atoms with Crippen molar-refractivity contribution >= 4 is 33.2 Å². The summed E-state index contributed by atoms with van der Waals surface area (Å²) in [5.41, 5.74) is 0.905. The van der Waals surface area contributed by atoms with E-state index < -0.39 is 0 Å². The molecule has 6 nitrogen and oxygen atoms in total. The molecule has 3 aliphatic rings. The minimum atomic E-state index is 0.0815. The number of carbonyl (C=O) groups is 1. The highest BCUT2D eigenvalue weighted by Crippen LogP contribution is 2.41. The molecule has 0 radical (unpaired) electrons. The normalized spacial score (nSPS) is 22.6. The fourth-order valence-electron chi connectivity index (χ4n) is 4.76. The lowest BCUT2D eigenvalue weighted by molar-refractivity contribution is 0.0848. The predicted molar refractivity (Wildman–Crippen MR) is 118 cm³/mol. The molecule has 0 N–H and O–H groups in total. The van der Waals surface area contributed by atoms with Crippen LogP contribution in [0.25, 0.3) is 10.1 Å². The van der Waals surface area contributed by atoms with Gasteiger partial charge in [-0.1, -0.05) is 12.1 Å². The quantitative estimate of drug-likeness (QED) is 0.616. The van der Waals surface area contributed by atoms with Crippen LogP contribution in [0.4, 0.5) is 5.82 Å². The van der Waals surface area contributed by atoms with E-state index in [1.54, 1.807) is 11.5 Å². The van der Waals surface area contributed by atoms with E-state index in [1.165, 1.54) is 10.1 Å². The predicted octanol–water partition coefficient (Wildman–Crippen LogP) is 4.12. The fraction of sp³-hybridized carbons (Fsp3) is 0.522. The van der Waals surface area contributed by atoms with Crippen LogP contribution in [0.2, 0.25) is 0 Å². The second-order valence-electron chi connectivity index (χ2n) is 8.82. The lowest BCUT2D eigenvalue weighted by Gasteiger charge is -2.35. The number of hydrogen-bond donors (Lipinski definition) is 0. The Kier molecular flexibility index (Phi) is 4.61. The number of ketones is 1. The van der Waals surface area contributed by atoms with E-state index in [1.807, 2.05) is 0 Å². The number of fused-ring (bicyclic) bond motifs is 2. The van der Waals surface area contributed by atoms with Crippen LogP contribution in [0.3, 0.4) is 0 Å². The third kappa shape index (κ3) is 3.34. The minimum absolute atomic E-state index is 0.0815. The molecule has 2 fully saturated rings. The van der Waals surface area contributed by atoms with Crippen LogP contribution in [0.5, 0.6) is 0 Å². The van der Waals surface area contributed by atoms with E-state index in [0.29, 0.717) is 11.7 Å². The molecule has 2 aliphatic carbocycles. The van der Waals surface area contributed by atoms with Crippen molar-refractivity contribution in [3.8, 4) is 0 Å². The molecule has 6 rings (SSSR count). The summed E-state index contributed by atoms with van der Waals surface area (Å²) < 4.78 is 11.8. The maximum absolute atomic E-state index is 12.9. The van der Waals surface area contributed by atoms with Crippen molar-refractivity contribution in [3.05, 3.63) is 41.6 Å². The number of rotatable bonds is 5. The van der Waals surface area contributed by atoms with Crippen LogP contribution in [-0.2, 0) is 6.42 Å². The number of anilines is 1. The average molecular weight is 423 g/mol. The number of benzene rings is 1. The fourth-order valence-corrected chi connectivity index (χ4v) is 5.56. The van der Waals surface area contributed by atoms with Crippen molar-refractivity contribution in [2.75, 3.05) is 37.6 Å². The van der Waals surface area contributed by atoms with E-state index in [2.05, 4.69) is 39.0 Å². The van der Waals surface area contributed by atoms with Gasteiger partial charge in [0.25, 0.3) is 0 Å². The van der Waals surface area contributed by atoms with Crippen molar-refractivity contribution in [2.24, 2.45) is 5.92 Å². The monoisotopic (exact) mass is 422 g/mol. The molecule has 1 saturated carbocycles. The maximum atomic E-state index is 12.9. The van der Waals surface area contributed by atoms with Gasteiger partial charge >= 0.3 is 0 Å². The molecule has 156 valence electrons. The Morgan fingerprint density at radius 2 is 1.93 bits per heavy atom. The summed E-state index contributed by atoms with van der Waals surface area (Å²) in [6.07, 6.45) is 5.01.